The summed E-state index contributed by atoms with van der Waals surface area (Å²) in [4.78, 5) is 0. The maximum Gasteiger partial charge on any atom is 0.384 e. The van der Waals surface area contributed by atoms with Crippen LogP contribution in [0.5, 0.6) is 0 Å². The van der Waals surface area contributed by atoms with Crippen LogP contribution < -0.4 is 0 Å². The van der Waals surface area contributed by atoms with Gasteiger partial charge < -0.3 is 0 Å². The zero-order valence-corrected chi connectivity index (χ0v) is 22.7. The molecule has 0 atom stereocenters. The van der Waals surface area contributed by atoms with Crippen LogP contribution in [0.4, 0.5) is 70.2 Å². The molecule has 0 N–H and O–H groups in total. The zero-order chi connectivity index (χ0) is 29.8. The summed E-state index contributed by atoms with van der Waals surface area (Å²) in [7, 11) is 0. The molecule has 0 nitrogen and oxygen atoms in total. The van der Waals surface area contributed by atoms with E-state index >= 15 is 0 Å². The average Bonchev–Trinajstić information content (AvgIpc) is 2.62. The van der Waals surface area contributed by atoms with Crippen molar-refractivity contribution in [3.8, 4) is 0 Å². The van der Waals surface area contributed by atoms with E-state index in [4.69, 9.17) is 66.5 Å². The first kappa shape index (κ1) is 37.1. The monoisotopic (exact) mass is 722 g/mol. The second-order valence-corrected chi connectivity index (χ2v) is 25.6. The first-order chi connectivity index (χ1) is 15.2. The molecule has 0 spiro atoms. The van der Waals surface area contributed by atoms with E-state index < -0.39 is 84.3 Å². The van der Waals surface area contributed by atoms with E-state index in [9.17, 15) is 70.2 Å². The number of alkyl halides is 16. The maximum atomic E-state index is 13.8. The molecule has 0 aromatic rings. The second-order valence-electron chi connectivity index (χ2n) is 7.09. The lowest BCUT2D eigenvalue weighted by Crippen LogP contribution is -2.74. The predicted octanol–water partition coefficient (Wildman–Crippen LogP) is 10.2. The van der Waals surface area contributed by atoms with Crippen molar-refractivity contribution in [1.29, 1.82) is 0 Å². The van der Waals surface area contributed by atoms with Gasteiger partial charge in [0, 0.05) is 12.8 Å². The molecule has 0 rings (SSSR count). The Morgan fingerprint density at radius 1 is 0.333 bits per heavy atom. The first-order valence-corrected chi connectivity index (χ1v) is 18.8. The minimum Gasteiger partial charge on any atom is -0.200 e. The van der Waals surface area contributed by atoms with Gasteiger partial charge in [-0.2, -0.15) is 70.2 Å². The summed E-state index contributed by atoms with van der Waals surface area (Å²) in [6.07, 6.45) is -5.41. The van der Waals surface area contributed by atoms with Gasteiger partial charge in [-0.1, -0.05) is 0 Å². The van der Waals surface area contributed by atoms with Crippen LogP contribution in [0.25, 0.3) is 0 Å². The Kier molecular flexibility index (Phi) is 10.8. The zero-order valence-electron chi connectivity index (χ0n) is 16.1. The van der Waals surface area contributed by atoms with Crippen LogP contribution in [0, 0.1) is 0 Å². The van der Waals surface area contributed by atoms with Gasteiger partial charge in [0.1, 0.15) is 0 Å². The molecule has 0 amide bonds. The molecule has 36 heavy (non-hydrogen) atoms. The Labute approximate surface area is 220 Å². The lowest BCUT2D eigenvalue weighted by molar-refractivity contribution is -0.453. The highest BCUT2D eigenvalue weighted by Crippen LogP contribution is 2.64. The van der Waals surface area contributed by atoms with Crippen molar-refractivity contribution in [3.63, 3.8) is 0 Å². The average molecular weight is 725 g/mol. The van der Waals surface area contributed by atoms with Crippen LogP contribution in [0.15, 0.2) is 0 Å². The Morgan fingerprint density at radius 2 is 0.500 bits per heavy atom. The molecule has 0 aromatic heterocycles. The van der Waals surface area contributed by atoms with Gasteiger partial charge >= 0.3 is 59.4 Å². The minimum atomic E-state index is -8.52. The minimum absolute atomic E-state index is 1.69. The molecule has 0 saturated carbocycles. The number of hydrogen-bond donors (Lipinski definition) is 0. The Morgan fingerprint density at radius 3 is 0.667 bits per heavy atom. The standard InChI is InChI=1S/C12H8Cl6F16Si2/c13-35(14,15)3-1-5(19,20)7(23,24)9(27,28)11(31,32)12(33,34)10(29,30)8(25,26)6(21,22)2-4-36(16,17)18/h1-4H2. The fourth-order valence-corrected chi connectivity index (χ4v) is 5.06. The van der Waals surface area contributed by atoms with E-state index in [1.54, 1.807) is 0 Å². The van der Waals surface area contributed by atoms with Crippen molar-refractivity contribution in [3.05, 3.63) is 0 Å². The molecule has 0 aliphatic carbocycles. The molecule has 0 fully saturated rings. The second kappa shape index (κ2) is 10.5. The highest BCUT2D eigenvalue weighted by Gasteiger charge is 2.94. The van der Waals surface area contributed by atoms with Crippen molar-refractivity contribution in [2.45, 2.75) is 72.3 Å². The van der Waals surface area contributed by atoms with Gasteiger partial charge in [0.15, 0.2) is 0 Å². The Balaban J connectivity index is 6.61. The summed E-state index contributed by atoms with van der Waals surface area (Å²) in [6.45, 7) is 0. The largest absolute Gasteiger partial charge is 0.384 e. The van der Waals surface area contributed by atoms with Gasteiger partial charge in [0.2, 0.25) is 0 Å². The third-order valence-electron chi connectivity index (χ3n) is 4.34. The van der Waals surface area contributed by atoms with E-state index in [1.165, 1.54) is 0 Å². The third-order valence-corrected chi connectivity index (χ3v) is 9.37. The van der Waals surface area contributed by atoms with Crippen LogP contribution in [0.1, 0.15) is 12.8 Å². The smallest absolute Gasteiger partial charge is 0.200 e. The molecule has 0 saturated heterocycles. The van der Waals surface area contributed by atoms with Crippen molar-refractivity contribution in [2.75, 3.05) is 0 Å². The van der Waals surface area contributed by atoms with Crippen LogP contribution in [0.2, 0.25) is 12.1 Å². The van der Waals surface area contributed by atoms with Gasteiger partial charge in [0.25, 0.3) is 0 Å². The van der Waals surface area contributed by atoms with E-state index in [1.807, 2.05) is 0 Å². The lowest BCUT2D eigenvalue weighted by atomic mass is 9.87. The van der Waals surface area contributed by atoms with E-state index in [0.717, 1.165) is 0 Å². The van der Waals surface area contributed by atoms with Gasteiger partial charge in [-0.25, -0.2) is 0 Å². The van der Waals surface area contributed by atoms with E-state index in [-0.39, 0.29) is 0 Å². The summed E-state index contributed by atoms with van der Waals surface area (Å²) in [5.41, 5.74) is 0. The number of halogens is 22. The quantitative estimate of drug-likeness (QED) is 0.101. The molecule has 0 aliphatic rings. The number of rotatable bonds is 13. The highest BCUT2D eigenvalue weighted by molar-refractivity contribution is 7.65. The van der Waals surface area contributed by atoms with Crippen LogP contribution >= 0.6 is 66.5 Å². The fraction of sp³-hybridized carbons (Fsp3) is 1.00. The van der Waals surface area contributed by atoms with Gasteiger partial charge in [0.05, 0.1) is 0 Å². The summed E-state index contributed by atoms with van der Waals surface area (Å²) in [6, 6.07) is -12.2. The molecule has 0 heterocycles. The summed E-state index contributed by atoms with van der Waals surface area (Å²) in [5.74, 6) is -62.0. The van der Waals surface area contributed by atoms with Gasteiger partial charge in [-0.05, 0) is 12.1 Å². The van der Waals surface area contributed by atoms with Crippen LogP contribution in [-0.4, -0.2) is 59.4 Å². The first-order valence-electron chi connectivity index (χ1n) is 8.32. The SMILES string of the molecule is FC(F)(CC[Si](Cl)(Cl)Cl)C(F)(F)C(F)(F)C(F)(F)C(F)(F)C(F)(F)C(F)(F)C(F)(F)CC[Si](Cl)(Cl)Cl. The highest BCUT2D eigenvalue weighted by atomic mass is 35.8. The summed E-state index contributed by atoms with van der Waals surface area (Å²) in [5, 5.41) is 0. The Hall–Kier alpha value is 1.05. The molecule has 218 valence electrons. The molecule has 0 aliphatic heterocycles. The Bertz CT molecular complexity index is 715. The van der Waals surface area contributed by atoms with Gasteiger partial charge in [-0.3, -0.25) is 0 Å². The van der Waals surface area contributed by atoms with Crippen molar-refractivity contribution in [2.24, 2.45) is 0 Å². The molecule has 0 bridgehead atoms. The fourth-order valence-electron chi connectivity index (χ4n) is 2.16. The molecule has 0 aromatic carbocycles. The molecular weight excluding hydrogens is 717 g/mol. The van der Waals surface area contributed by atoms with Crippen LogP contribution in [-0.2, 0) is 0 Å². The number of hydrogen-bond acceptors (Lipinski definition) is 0. The van der Waals surface area contributed by atoms with Crippen molar-refractivity contribution < 1.29 is 70.2 Å². The predicted molar refractivity (Wildman–Crippen MR) is 105 cm³/mol. The topological polar surface area (TPSA) is 0 Å². The van der Waals surface area contributed by atoms with E-state index in [2.05, 4.69) is 0 Å². The van der Waals surface area contributed by atoms with E-state index in [0.29, 0.717) is 0 Å². The van der Waals surface area contributed by atoms with Crippen molar-refractivity contribution >= 4 is 78.5 Å². The third kappa shape index (κ3) is 6.67. The molecule has 24 heteroatoms. The van der Waals surface area contributed by atoms with Gasteiger partial charge in [-0.15, -0.1) is 66.5 Å². The maximum absolute atomic E-state index is 13.8. The molecular formula is C12H8Cl6F16Si2. The lowest BCUT2D eigenvalue weighted by Gasteiger charge is -2.43. The molecule has 0 radical (unpaired) electrons. The van der Waals surface area contributed by atoms with Crippen molar-refractivity contribution in [1.82, 2.24) is 0 Å². The summed E-state index contributed by atoms with van der Waals surface area (Å²) < 4.78 is 219. The van der Waals surface area contributed by atoms with Crippen LogP contribution in [0.3, 0.4) is 0 Å². The normalized spacial score (nSPS) is 16.5. The summed E-state index contributed by atoms with van der Waals surface area (Å²) >= 11 is 30.2. The molecule has 0 unspecified atom stereocenters.